The van der Waals surface area contributed by atoms with Gasteiger partial charge in [-0.3, -0.25) is 4.79 Å². The molecule has 0 fully saturated rings. The minimum absolute atomic E-state index is 0.411. The maximum atomic E-state index is 10.5. The molecule has 0 atom stereocenters. The lowest BCUT2D eigenvalue weighted by Crippen LogP contribution is -1.97. The molecule has 3 aromatic rings. The smallest absolute Gasteiger partial charge is 0.212 e. The van der Waals surface area contributed by atoms with Crippen molar-refractivity contribution in [2.45, 2.75) is 0 Å². The van der Waals surface area contributed by atoms with Gasteiger partial charge in [-0.25, -0.2) is 9.97 Å². The number of benzene rings is 1. The Balaban J connectivity index is 2.10. The van der Waals surface area contributed by atoms with Gasteiger partial charge >= 0.3 is 0 Å². The molecule has 2 aromatic heterocycles. The molecule has 3 rings (SSSR count). The first-order chi connectivity index (χ1) is 9.81. The standard InChI is InChI=1S/C14H9N5O/c15-7-9-1-3-10(4-2-9)13-18-11-5-6-16-14(17-8-20)12(11)19-13/h1-6,8H,(H,18,19)(H,16,17,20). The molecular weight excluding hydrogens is 254 g/mol. The number of fused-ring (bicyclic) bond motifs is 1. The van der Waals surface area contributed by atoms with Gasteiger partial charge < -0.3 is 10.3 Å². The Morgan fingerprint density at radius 2 is 2.05 bits per heavy atom. The molecule has 0 aliphatic rings. The molecule has 96 valence electrons. The van der Waals surface area contributed by atoms with Gasteiger partial charge in [-0.15, -0.1) is 0 Å². The zero-order valence-corrected chi connectivity index (χ0v) is 10.3. The zero-order chi connectivity index (χ0) is 13.9. The highest BCUT2D eigenvalue weighted by molar-refractivity contribution is 5.92. The fourth-order valence-electron chi connectivity index (χ4n) is 1.94. The van der Waals surface area contributed by atoms with Crippen LogP contribution in [0, 0.1) is 11.3 Å². The first kappa shape index (κ1) is 11.9. The highest BCUT2D eigenvalue weighted by atomic mass is 16.1. The maximum Gasteiger partial charge on any atom is 0.212 e. The van der Waals surface area contributed by atoms with Crippen LogP contribution in [0.4, 0.5) is 5.82 Å². The van der Waals surface area contributed by atoms with Crippen LogP contribution in [0.2, 0.25) is 0 Å². The molecule has 0 saturated carbocycles. The molecule has 0 radical (unpaired) electrons. The summed E-state index contributed by atoms with van der Waals surface area (Å²) in [4.78, 5) is 22.2. The summed E-state index contributed by atoms with van der Waals surface area (Å²) in [6.07, 6.45) is 2.16. The topological polar surface area (TPSA) is 94.5 Å². The summed E-state index contributed by atoms with van der Waals surface area (Å²) >= 11 is 0. The van der Waals surface area contributed by atoms with Gasteiger partial charge in [0.2, 0.25) is 6.41 Å². The number of H-pyrrole nitrogens is 1. The van der Waals surface area contributed by atoms with Crippen molar-refractivity contribution in [3.8, 4) is 17.5 Å². The van der Waals surface area contributed by atoms with Gasteiger partial charge in [-0.2, -0.15) is 5.26 Å². The van der Waals surface area contributed by atoms with Gasteiger partial charge in [-0.05, 0) is 30.3 Å². The Morgan fingerprint density at radius 3 is 2.75 bits per heavy atom. The summed E-state index contributed by atoms with van der Waals surface area (Å²) < 4.78 is 0. The van der Waals surface area contributed by atoms with Crippen LogP contribution in [0.25, 0.3) is 22.4 Å². The normalized spacial score (nSPS) is 10.2. The van der Waals surface area contributed by atoms with E-state index < -0.39 is 0 Å². The lowest BCUT2D eigenvalue weighted by atomic mass is 10.1. The molecule has 6 nitrogen and oxygen atoms in total. The second-order valence-electron chi connectivity index (χ2n) is 4.09. The minimum atomic E-state index is 0.411. The van der Waals surface area contributed by atoms with Gasteiger partial charge in [0, 0.05) is 11.8 Å². The minimum Gasteiger partial charge on any atom is -0.338 e. The number of imidazole rings is 1. The Morgan fingerprint density at radius 1 is 1.25 bits per heavy atom. The molecule has 1 aromatic carbocycles. The van der Waals surface area contributed by atoms with Gasteiger partial charge in [0.05, 0.1) is 17.1 Å². The molecule has 0 saturated heterocycles. The van der Waals surface area contributed by atoms with Gasteiger partial charge in [-0.1, -0.05) is 0 Å². The van der Waals surface area contributed by atoms with Crippen LogP contribution >= 0.6 is 0 Å². The van der Waals surface area contributed by atoms with Crippen LogP contribution in [0.5, 0.6) is 0 Å². The summed E-state index contributed by atoms with van der Waals surface area (Å²) in [5.41, 5.74) is 2.83. The Bertz CT molecular complexity index is 814. The molecule has 0 bridgehead atoms. The molecule has 6 heteroatoms. The quantitative estimate of drug-likeness (QED) is 0.707. The number of aromatic amines is 1. The number of carbonyl (C=O) groups is 1. The zero-order valence-electron chi connectivity index (χ0n) is 10.3. The number of rotatable bonds is 3. The van der Waals surface area contributed by atoms with E-state index in [2.05, 4.69) is 26.3 Å². The molecule has 2 heterocycles. The average Bonchev–Trinajstić information content (AvgIpc) is 2.93. The lowest BCUT2D eigenvalue weighted by molar-refractivity contribution is -0.105. The van der Waals surface area contributed by atoms with Crippen molar-refractivity contribution < 1.29 is 4.79 Å². The highest BCUT2D eigenvalue weighted by Crippen LogP contribution is 2.24. The van der Waals surface area contributed by atoms with Crippen molar-refractivity contribution in [2.75, 3.05) is 5.32 Å². The number of nitrogens with zero attached hydrogens (tertiary/aromatic N) is 3. The van der Waals surface area contributed by atoms with E-state index in [9.17, 15) is 4.79 Å². The number of hydrogen-bond donors (Lipinski definition) is 2. The molecular formula is C14H9N5O. The van der Waals surface area contributed by atoms with Crippen LogP contribution in [0.3, 0.4) is 0 Å². The van der Waals surface area contributed by atoms with E-state index in [-0.39, 0.29) is 0 Å². The van der Waals surface area contributed by atoms with Crippen LogP contribution in [0.1, 0.15) is 5.56 Å². The van der Waals surface area contributed by atoms with E-state index in [4.69, 9.17) is 5.26 Å². The lowest BCUT2D eigenvalue weighted by Gasteiger charge is -1.96. The number of anilines is 1. The van der Waals surface area contributed by atoms with Crippen molar-refractivity contribution >= 4 is 23.3 Å². The third kappa shape index (κ3) is 1.97. The second-order valence-corrected chi connectivity index (χ2v) is 4.09. The monoisotopic (exact) mass is 263 g/mol. The third-order valence-electron chi connectivity index (χ3n) is 2.88. The molecule has 2 N–H and O–H groups in total. The molecule has 20 heavy (non-hydrogen) atoms. The van der Waals surface area contributed by atoms with E-state index in [0.29, 0.717) is 29.1 Å². The van der Waals surface area contributed by atoms with E-state index in [1.165, 1.54) is 0 Å². The number of hydrogen-bond acceptors (Lipinski definition) is 4. The van der Waals surface area contributed by atoms with E-state index in [1.807, 2.05) is 12.1 Å². The average molecular weight is 263 g/mol. The molecule has 0 aliphatic heterocycles. The molecule has 0 aliphatic carbocycles. The number of nitrogens with one attached hydrogen (secondary N) is 2. The van der Waals surface area contributed by atoms with Crippen LogP contribution in [0.15, 0.2) is 36.5 Å². The third-order valence-corrected chi connectivity index (χ3v) is 2.88. The molecule has 0 spiro atoms. The number of aromatic nitrogens is 3. The summed E-state index contributed by atoms with van der Waals surface area (Å²) in [6, 6.07) is 10.9. The second kappa shape index (κ2) is 4.82. The maximum absolute atomic E-state index is 10.5. The predicted molar refractivity (Wildman–Crippen MR) is 73.7 cm³/mol. The summed E-state index contributed by atoms with van der Waals surface area (Å²) in [5, 5.41) is 11.3. The number of nitriles is 1. The SMILES string of the molecule is N#Cc1ccc(-c2nc3c(NC=O)nccc3[nH]2)cc1. The first-order valence-corrected chi connectivity index (χ1v) is 5.87. The van der Waals surface area contributed by atoms with Gasteiger partial charge in [0.25, 0.3) is 0 Å². The van der Waals surface area contributed by atoms with E-state index in [1.54, 1.807) is 24.4 Å². The van der Waals surface area contributed by atoms with Crippen LogP contribution in [-0.2, 0) is 4.79 Å². The van der Waals surface area contributed by atoms with Gasteiger partial charge in [0.1, 0.15) is 11.3 Å². The fourth-order valence-corrected chi connectivity index (χ4v) is 1.94. The Kier molecular flexibility index (Phi) is 2.86. The van der Waals surface area contributed by atoms with Crippen molar-refractivity contribution in [3.05, 3.63) is 42.1 Å². The van der Waals surface area contributed by atoms with Crippen LogP contribution in [-0.4, -0.2) is 21.4 Å². The molecule has 0 unspecified atom stereocenters. The van der Waals surface area contributed by atoms with Gasteiger partial charge in [0.15, 0.2) is 5.82 Å². The van der Waals surface area contributed by atoms with E-state index in [0.717, 1.165) is 11.1 Å². The van der Waals surface area contributed by atoms with Crippen molar-refractivity contribution in [1.82, 2.24) is 15.0 Å². The summed E-state index contributed by atoms with van der Waals surface area (Å²) in [7, 11) is 0. The molecule has 1 amide bonds. The largest absolute Gasteiger partial charge is 0.338 e. The van der Waals surface area contributed by atoms with E-state index >= 15 is 0 Å². The van der Waals surface area contributed by atoms with Crippen molar-refractivity contribution in [2.24, 2.45) is 0 Å². The Hall–Kier alpha value is -3.20. The van der Waals surface area contributed by atoms with Crippen LogP contribution < -0.4 is 5.32 Å². The predicted octanol–water partition coefficient (Wildman–Crippen LogP) is 2.06. The highest BCUT2D eigenvalue weighted by Gasteiger charge is 2.09. The first-order valence-electron chi connectivity index (χ1n) is 5.87. The number of pyridine rings is 1. The summed E-state index contributed by atoms with van der Waals surface area (Å²) in [6.45, 7) is 0. The fraction of sp³-hybridized carbons (Fsp3) is 0. The van der Waals surface area contributed by atoms with Crippen molar-refractivity contribution in [1.29, 1.82) is 5.26 Å². The Labute approximate surface area is 114 Å². The number of carbonyl (C=O) groups excluding carboxylic acids is 1. The number of amides is 1. The van der Waals surface area contributed by atoms with Crippen molar-refractivity contribution in [3.63, 3.8) is 0 Å². The summed E-state index contributed by atoms with van der Waals surface area (Å²) in [5.74, 6) is 1.07.